The average Bonchev–Trinajstić information content (AvgIpc) is 3.01. The van der Waals surface area contributed by atoms with Crippen molar-refractivity contribution in [3.8, 4) is 5.75 Å². The van der Waals surface area contributed by atoms with Crippen molar-refractivity contribution in [3.63, 3.8) is 0 Å². The molecule has 0 atom stereocenters. The number of benzene rings is 2. The van der Waals surface area contributed by atoms with E-state index in [1.807, 2.05) is 0 Å². The second kappa shape index (κ2) is 9.43. The quantitative estimate of drug-likeness (QED) is 0.397. The Morgan fingerprint density at radius 2 is 1.94 bits per heavy atom. The highest BCUT2D eigenvalue weighted by Crippen LogP contribution is 2.32. The van der Waals surface area contributed by atoms with Crippen molar-refractivity contribution < 1.29 is 24.0 Å². The van der Waals surface area contributed by atoms with E-state index >= 15 is 0 Å². The van der Waals surface area contributed by atoms with E-state index in [0.717, 1.165) is 22.2 Å². The van der Waals surface area contributed by atoms with Crippen LogP contribution in [0.3, 0.4) is 0 Å². The standard InChI is InChI=1S/C21H19N3O6S/c1-13-3-6-15(12-17(13)24(28)29)19(25)22-9-10-23-20(26)18(31-21(23)27)11-14-4-7-16(30-2)8-5-14/h3-8,11-12H,9-10H2,1-2H3,(H,22,25). The first-order valence-corrected chi connectivity index (χ1v) is 10.0. The molecule has 0 unspecified atom stereocenters. The van der Waals surface area contributed by atoms with Crippen LogP contribution in [-0.2, 0) is 4.79 Å². The maximum Gasteiger partial charge on any atom is 0.293 e. The van der Waals surface area contributed by atoms with Crippen molar-refractivity contribution in [1.82, 2.24) is 10.2 Å². The van der Waals surface area contributed by atoms with E-state index in [-0.39, 0.29) is 29.2 Å². The smallest absolute Gasteiger partial charge is 0.293 e. The number of carbonyl (C=O) groups excluding carboxylic acids is 3. The fraction of sp³-hybridized carbons (Fsp3) is 0.190. The van der Waals surface area contributed by atoms with Gasteiger partial charge in [-0.15, -0.1) is 0 Å². The Labute approximate surface area is 182 Å². The average molecular weight is 441 g/mol. The van der Waals surface area contributed by atoms with Gasteiger partial charge in [-0.1, -0.05) is 18.2 Å². The molecule has 0 saturated carbocycles. The van der Waals surface area contributed by atoms with E-state index in [9.17, 15) is 24.5 Å². The highest BCUT2D eigenvalue weighted by atomic mass is 32.2. The normalized spacial score (nSPS) is 14.8. The molecule has 1 aliphatic heterocycles. The second-order valence-electron chi connectivity index (χ2n) is 6.62. The molecule has 1 aliphatic rings. The molecule has 1 heterocycles. The Bertz CT molecular complexity index is 1080. The van der Waals surface area contributed by atoms with Gasteiger partial charge in [0.05, 0.1) is 16.9 Å². The van der Waals surface area contributed by atoms with E-state index in [0.29, 0.717) is 11.3 Å². The number of carbonyl (C=O) groups is 3. The van der Waals surface area contributed by atoms with Crippen LogP contribution in [0.25, 0.3) is 6.08 Å². The van der Waals surface area contributed by atoms with Crippen molar-refractivity contribution in [2.75, 3.05) is 20.2 Å². The first-order chi connectivity index (χ1) is 14.8. The number of nitrogens with zero attached hydrogens (tertiary/aromatic N) is 2. The minimum absolute atomic E-state index is 0.00961. The summed E-state index contributed by atoms with van der Waals surface area (Å²) in [6, 6.07) is 11.2. The molecule has 1 N–H and O–H groups in total. The monoisotopic (exact) mass is 441 g/mol. The number of methoxy groups -OCH3 is 1. The summed E-state index contributed by atoms with van der Waals surface area (Å²) in [5.41, 5.74) is 1.18. The molecule has 0 spiro atoms. The van der Waals surface area contributed by atoms with Crippen LogP contribution in [0.4, 0.5) is 10.5 Å². The summed E-state index contributed by atoms with van der Waals surface area (Å²) >= 11 is 0.828. The predicted octanol–water partition coefficient (Wildman–Crippen LogP) is 3.38. The highest BCUT2D eigenvalue weighted by Gasteiger charge is 2.34. The molecule has 31 heavy (non-hydrogen) atoms. The maximum absolute atomic E-state index is 12.5. The Hall–Kier alpha value is -3.66. The number of thioether (sulfide) groups is 1. The topological polar surface area (TPSA) is 119 Å². The molecule has 3 amide bonds. The van der Waals surface area contributed by atoms with Gasteiger partial charge in [-0.2, -0.15) is 0 Å². The Morgan fingerprint density at radius 3 is 2.58 bits per heavy atom. The van der Waals surface area contributed by atoms with E-state index in [1.165, 1.54) is 18.2 Å². The highest BCUT2D eigenvalue weighted by molar-refractivity contribution is 8.18. The Morgan fingerprint density at radius 1 is 1.23 bits per heavy atom. The summed E-state index contributed by atoms with van der Waals surface area (Å²) in [5.74, 6) is -0.283. The minimum atomic E-state index is -0.554. The predicted molar refractivity (Wildman–Crippen MR) is 116 cm³/mol. The van der Waals surface area contributed by atoms with Crippen molar-refractivity contribution >= 4 is 40.6 Å². The Balaban J connectivity index is 1.60. The maximum atomic E-state index is 12.5. The fourth-order valence-corrected chi connectivity index (χ4v) is 3.74. The van der Waals surface area contributed by atoms with E-state index in [2.05, 4.69) is 5.32 Å². The molecule has 1 saturated heterocycles. The molecule has 0 aliphatic carbocycles. The lowest BCUT2D eigenvalue weighted by Crippen LogP contribution is -2.37. The summed E-state index contributed by atoms with van der Waals surface area (Å²) in [4.78, 5) is 48.9. The van der Waals surface area contributed by atoms with Crippen molar-refractivity contribution in [2.45, 2.75) is 6.92 Å². The number of aryl methyl sites for hydroxylation is 1. The molecule has 0 aromatic heterocycles. The molecule has 2 aromatic rings. The number of nitrogens with one attached hydrogen (secondary N) is 1. The first kappa shape index (κ1) is 22.0. The van der Waals surface area contributed by atoms with Crippen LogP contribution in [0, 0.1) is 17.0 Å². The summed E-state index contributed by atoms with van der Waals surface area (Å²) < 4.78 is 5.09. The SMILES string of the molecule is COc1ccc(C=C2SC(=O)N(CCNC(=O)c3ccc(C)c([N+](=O)[O-])c3)C2=O)cc1. The summed E-state index contributed by atoms with van der Waals surface area (Å²) in [7, 11) is 1.55. The second-order valence-corrected chi connectivity index (χ2v) is 7.61. The number of ether oxygens (including phenoxy) is 1. The number of hydrogen-bond donors (Lipinski definition) is 1. The lowest BCUT2D eigenvalue weighted by Gasteiger charge is -2.13. The van der Waals surface area contributed by atoms with Crippen LogP contribution >= 0.6 is 11.8 Å². The van der Waals surface area contributed by atoms with Crippen LogP contribution in [0.15, 0.2) is 47.4 Å². The number of nitro groups is 1. The van der Waals surface area contributed by atoms with Crippen LogP contribution in [0.1, 0.15) is 21.5 Å². The van der Waals surface area contributed by atoms with Crippen molar-refractivity contribution in [1.29, 1.82) is 0 Å². The largest absolute Gasteiger partial charge is 0.497 e. The number of hydrogen-bond acceptors (Lipinski definition) is 7. The zero-order valence-electron chi connectivity index (χ0n) is 16.8. The number of amides is 3. The lowest BCUT2D eigenvalue weighted by molar-refractivity contribution is -0.385. The summed E-state index contributed by atoms with van der Waals surface area (Å²) in [5, 5.41) is 13.2. The van der Waals surface area contributed by atoms with Crippen LogP contribution in [0.2, 0.25) is 0 Å². The van der Waals surface area contributed by atoms with Crippen LogP contribution in [-0.4, -0.2) is 47.1 Å². The zero-order chi connectivity index (χ0) is 22.5. The zero-order valence-corrected chi connectivity index (χ0v) is 17.6. The van der Waals surface area contributed by atoms with Gasteiger partial charge in [0.2, 0.25) is 0 Å². The molecule has 0 bridgehead atoms. The van der Waals surface area contributed by atoms with Gasteiger partial charge < -0.3 is 10.1 Å². The van der Waals surface area contributed by atoms with Gasteiger partial charge in [-0.05, 0) is 48.5 Å². The molecule has 160 valence electrons. The third kappa shape index (κ3) is 5.10. The van der Waals surface area contributed by atoms with Crippen molar-refractivity contribution in [2.24, 2.45) is 0 Å². The van der Waals surface area contributed by atoms with Crippen LogP contribution in [0.5, 0.6) is 5.75 Å². The fourth-order valence-electron chi connectivity index (χ4n) is 2.87. The number of rotatable bonds is 7. The van der Waals surface area contributed by atoms with E-state index in [4.69, 9.17) is 4.74 Å². The van der Waals surface area contributed by atoms with Gasteiger partial charge in [0.15, 0.2) is 0 Å². The van der Waals surface area contributed by atoms with Gasteiger partial charge >= 0.3 is 0 Å². The molecule has 0 radical (unpaired) electrons. The first-order valence-electron chi connectivity index (χ1n) is 9.23. The molecule has 10 heteroatoms. The van der Waals surface area contributed by atoms with E-state index < -0.39 is 22.0 Å². The van der Waals surface area contributed by atoms with Gasteiger partial charge in [0, 0.05) is 30.3 Å². The number of imide groups is 1. The van der Waals surface area contributed by atoms with Gasteiger partial charge in [0.25, 0.3) is 22.7 Å². The molecular weight excluding hydrogens is 422 g/mol. The molecule has 1 fully saturated rings. The van der Waals surface area contributed by atoms with Gasteiger partial charge in [-0.25, -0.2) is 0 Å². The van der Waals surface area contributed by atoms with Crippen molar-refractivity contribution in [3.05, 3.63) is 74.2 Å². The third-order valence-corrected chi connectivity index (χ3v) is 5.48. The van der Waals surface area contributed by atoms with Crippen LogP contribution < -0.4 is 10.1 Å². The molecule has 2 aromatic carbocycles. The van der Waals surface area contributed by atoms with E-state index in [1.54, 1.807) is 44.4 Å². The molecule has 3 rings (SSSR count). The van der Waals surface area contributed by atoms with Gasteiger partial charge in [-0.3, -0.25) is 29.4 Å². The molecule has 9 nitrogen and oxygen atoms in total. The minimum Gasteiger partial charge on any atom is -0.497 e. The number of nitro benzene ring substituents is 1. The lowest BCUT2D eigenvalue weighted by atomic mass is 10.1. The Kier molecular flexibility index (Phi) is 6.71. The van der Waals surface area contributed by atoms with Gasteiger partial charge in [0.1, 0.15) is 5.75 Å². The summed E-state index contributed by atoms with van der Waals surface area (Å²) in [6.45, 7) is 1.60. The summed E-state index contributed by atoms with van der Waals surface area (Å²) in [6.07, 6.45) is 1.62. The molecular formula is C21H19N3O6S. The third-order valence-electron chi connectivity index (χ3n) is 4.58.